The summed E-state index contributed by atoms with van der Waals surface area (Å²) >= 11 is 11.9. The normalized spacial score (nSPS) is 10.2. The maximum Gasteiger partial charge on any atom is 0.257 e. The molecular weight excluding hydrogens is 345 g/mol. The average Bonchev–Trinajstić information content (AvgIpc) is 2.61. The lowest BCUT2D eigenvalue weighted by Crippen LogP contribution is -2.11. The Morgan fingerprint density at radius 1 is 0.875 bits per heavy atom. The van der Waals surface area contributed by atoms with E-state index in [9.17, 15) is 4.79 Å². The average molecular weight is 358 g/mol. The lowest BCUT2D eigenvalue weighted by Gasteiger charge is -2.09. The van der Waals surface area contributed by atoms with Crippen LogP contribution < -0.4 is 10.6 Å². The lowest BCUT2D eigenvalue weighted by molar-refractivity contribution is 0.102. The molecule has 0 atom stereocenters. The van der Waals surface area contributed by atoms with Crippen molar-refractivity contribution in [3.63, 3.8) is 0 Å². The number of carbonyl (C=O) groups is 1. The molecule has 2 aromatic carbocycles. The number of amides is 1. The smallest absolute Gasteiger partial charge is 0.257 e. The second-order valence-corrected chi connectivity index (χ2v) is 5.84. The second kappa shape index (κ2) is 7.34. The van der Waals surface area contributed by atoms with Gasteiger partial charge in [-0.15, -0.1) is 0 Å². The number of carbonyl (C=O) groups excluding carboxylic acids is 1. The van der Waals surface area contributed by atoms with Crippen molar-refractivity contribution in [3.05, 3.63) is 82.6 Å². The highest BCUT2D eigenvalue weighted by Crippen LogP contribution is 2.27. The quantitative estimate of drug-likeness (QED) is 0.658. The van der Waals surface area contributed by atoms with Gasteiger partial charge in [-0.05, 0) is 54.6 Å². The van der Waals surface area contributed by atoms with Gasteiger partial charge in [0.05, 0.1) is 15.6 Å². The van der Waals surface area contributed by atoms with E-state index in [1.54, 1.807) is 30.5 Å². The van der Waals surface area contributed by atoms with Gasteiger partial charge in [0.1, 0.15) is 0 Å². The Bertz CT molecular complexity index is 852. The Hall–Kier alpha value is -2.56. The van der Waals surface area contributed by atoms with E-state index in [1.165, 1.54) is 6.20 Å². The van der Waals surface area contributed by atoms with Gasteiger partial charge in [0.25, 0.3) is 5.91 Å². The minimum atomic E-state index is -0.201. The molecule has 0 saturated carbocycles. The van der Waals surface area contributed by atoms with Crippen LogP contribution in [0, 0.1) is 0 Å². The van der Waals surface area contributed by atoms with E-state index >= 15 is 0 Å². The fraction of sp³-hybridized carbons (Fsp3) is 0. The fourth-order valence-corrected chi connectivity index (χ4v) is 2.38. The molecule has 1 heterocycles. The number of halogens is 2. The molecule has 0 aliphatic heterocycles. The van der Waals surface area contributed by atoms with Crippen LogP contribution >= 0.6 is 23.2 Å². The van der Waals surface area contributed by atoms with Crippen molar-refractivity contribution < 1.29 is 4.79 Å². The summed E-state index contributed by atoms with van der Waals surface area (Å²) in [5, 5.41) is 7.04. The molecule has 0 aliphatic carbocycles. The molecule has 24 heavy (non-hydrogen) atoms. The van der Waals surface area contributed by atoms with Gasteiger partial charge in [-0.25, -0.2) is 0 Å². The third-order valence-electron chi connectivity index (χ3n) is 3.27. The van der Waals surface area contributed by atoms with E-state index in [0.717, 1.165) is 11.4 Å². The first-order chi connectivity index (χ1) is 11.6. The highest BCUT2D eigenvalue weighted by atomic mass is 35.5. The van der Waals surface area contributed by atoms with Gasteiger partial charge < -0.3 is 10.6 Å². The predicted molar refractivity (Wildman–Crippen MR) is 98.4 cm³/mol. The number of pyridine rings is 1. The first-order valence-corrected chi connectivity index (χ1v) is 7.91. The minimum Gasteiger partial charge on any atom is -0.355 e. The fourth-order valence-electron chi connectivity index (χ4n) is 2.08. The number of aromatic nitrogens is 1. The van der Waals surface area contributed by atoms with Crippen LogP contribution in [0.4, 0.5) is 17.1 Å². The van der Waals surface area contributed by atoms with Gasteiger partial charge >= 0.3 is 0 Å². The van der Waals surface area contributed by atoms with Crippen LogP contribution in [-0.2, 0) is 0 Å². The Balaban J connectivity index is 1.67. The summed E-state index contributed by atoms with van der Waals surface area (Å²) in [6.45, 7) is 0. The van der Waals surface area contributed by atoms with E-state index in [1.807, 2.05) is 30.3 Å². The maximum absolute atomic E-state index is 12.1. The second-order valence-electron chi connectivity index (χ2n) is 5.03. The number of benzene rings is 2. The van der Waals surface area contributed by atoms with Crippen LogP contribution in [0.2, 0.25) is 10.0 Å². The Morgan fingerprint density at radius 2 is 1.58 bits per heavy atom. The third kappa shape index (κ3) is 4.04. The summed E-state index contributed by atoms with van der Waals surface area (Å²) in [6.07, 6.45) is 3.15. The largest absolute Gasteiger partial charge is 0.355 e. The first-order valence-electron chi connectivity index (χ1n) is 7.15. The summed E-state index contributed by atoms with van der Waals surface area (Å²) < 4.78 is 0. The molecule has 120 valence electrons. The van der Waals surface area contributed by atoms with Gasteiger partial charge in [0, 0.05) is 29.5 Å². The SMILES string of the molecule is O=C(Nc1ccc(Nc2ccc(Cl)c(Cl)c2)cc1)c1cccnc1. The molecule has 6 heteroatoms. The number of anilines is 3. The molecule has 0 bridgehead atoms. The maximum atomic E-state index is 12.1. The molecule has 0 radical (unpaired) electrons. The number of hydrogen-bond acceptors (Lipinski definition) is 3. The molecule has 2 N–H and O–H groups in total. The molecule has 0 spiro atoms. The van der Waals surface area contributed by atoms with Crippen LogP contribution in [0.5, 0.6) is 0 Å². The Labute approximate surface area is 149 Å². The van der Waals surface area contributed by atoms with Crippen molar-refractivity contribution in [3.8, 4) is 0 Å². The highest BCUT2D eigenvalue weighted by Gasteiger charge is 2.06. The zero-order valence-corrected chi connectivity index (χ0v) is 14.0. The van der Waals surface area contributed by atoms with E-state index < -0.39 is 0 Å². The summed E-state index contributed by atoms with van der Waals surface area (Å²) in [4.78, 5) is 16.0. The summed E-state index contributed by atoms with van der Waals surface area (Å²) in [5.74, 6) is -0.201. The molecule has 0 saturated heterocycles. The summed E-state index contributed by atoms with van der Waals surface area (Å²) in [7, 11) is 0. The van der Waals surface area contributed by atoms with E-state index in [4.69, 9.17) is 23.2 Å². The van der Waals surface area contributed by atoms with Crippen molar-refractivity contribution in [2.75, 3.05) is 10.6 Å². The van der Waals surface area contributed by atoms with E-state index in [0.29, 0.717) is 21.3 Å². The highest BCUT2D eigenvalue weighted by molar-refractivity contribution is 6.42. The minimum absolute atomic E-state index is 0.201. The number of nitrogens with one attached hydrogen (secondary N) is 2. The van der Waals surface area contributed by atoms with Crippen molar-refractivity contribution in [2.24, 2.45) is 0 Å². The number of nitrogens with zero attached hydrogens (tertiary/aromatic N) is 1. The zero-order valence-electron chi connectivity index (χ0n) is 12.5. The van der Waals surface area contributed by atoms with Gasteiger partial charge in [-0.1, -0.05) is 23.2 Å². The topological polar surface area (TPSA) is 54.0 Å². The molecule has 1 amide bonds. The Kier molecular flexibility index (Phi) is 4.99. The molecule has 0 unspecified atom stereocenters. The molecule has 3 rings (SSSR count). The van der Waals surface area contributed by atoms with Crippen LogP contribution in [0.1, 0.15) is 10.4 Å². The van der Waals surface area contributed by atoms with Gasteiger partial charge in [0.15, 0.2) is 0 Å². The number of hydrogen-bond donors (Lipinski definition) is 2. The van der Waals surface area contributed by atoms with Crippen molar-refractivity contribution >= 4 is 46.2 Å². The molecular formula is C18H13Cl2N3O. The van der Waals surface area contributed by atoms with Crippen molar-refractivity contribution in [1.82, 2.24) is 4.98 Å². The molecule has 1 aromatic heterocycles. The lowest BCUT2D eigenvalue weighted by atomic mass is 10.2. The van der Waals surface area contributed by atoms with Crippen LogP contribution in [-0.4, -0.2) is 10.9 Å². The van der Waals surface area contributed by atoms with Crippen molar-refractivity contribution in [1.29, 1.82) is 0 Å². The molecule has 3 aromatic rings. The summed E-state index contributed by atoms with van der Waals surface area (Å²) in [5.41, 5.74) is 2.91. The van der Waals surface area contributed by atoms with E-state index in [-0.39, 0.29) is 5.91 Å². The molecule has 0 fully saturated rings. The van der Waals surface area contributed by atoms with E-state index in [2.05, 4.69) is 15.6 Å². The number of rotatable bonds is 4. The van der Waals surface area contributed by atoms with Crippen molar-refractivity contribution in [2.45, 2.75) is 0 Å². The first kappa shape index (κ1) is 16.3. The van der Waals surface area contributed by atoms with Crippen LogP contribution in [0.15, 0.2) is 67.0 Å². The monoisotopic (exact) mass is 357 g/mol. The van der Waals surface area contributed by atoms with Gasteiger partial charge in [-0.2, -0.15) is 0 Å². The Morgan fingerprint density at radius 3 is 2.25 bits per heavy atom. The molecule has 4 nitrogen and oxygen atoms in total. The zero-order chi connectivity index (χ0) is 16.9. The van der Waals surface area contributed by atoms with Gasteiger partial charge in [-0.3, -0.25) is 9.78 Å². The van der Waals surface area contributed by atoms with Crippen LogP contribution in [0.25, 0.3) is 0 Å². The predicted octanol–water partition coefficient (Wildman–Crippen LogP) is 5.38. The standard InChI is InChI=1S/C18H13Cl2N3O/c19-16-8-7-15(10-17(16)20)22-13-3-5-14(6-4-13)23-18(24)12-2-1-9-21-11-12/h1-11,22H,(H,23,24). The third-order valence-corrected chi connectivity index (χ3v) is 4.01. The molecule has 0 aliphatic rings. The summed E-state index contributed by atoms with van der Waals surface area (Å²) in [6, 6.07) is 16.1. The van der Waals surface area contributed by atoms with Crippen LogP contribution in [0.3, 0.4) is 0 Å². The van der Waals surface area contributed by atoms with Gasteiger partial charge in [0.2, 0.25) is 0 Å².